The van der Waals surface area contributed by atoms with Crippen LogP contribution in [0, 0.1) is 0 Å². The number of carbonyl (C=O) groups excluding carboxylic acids is 4. The van der Waals surface area contributed by atoms with E-state index in [1.807, 2.05) is 24.3 Å². The van der Waals surface area contributed by atoms with E-state index in [1.165, 1.54) is 10.5 Å². The number of carbonyl (C=O) groups is 4. The van der Waals surface area contributed by atoms with E-state index in [9.17, 15) is 19.2 Å². The highest BCUT2D eigenvalue weighted by Crippen LogP contribution is 2.29. The summed E-state index contributed by atoms with van der Waals surface area (Å²) in [5.74, 6) is -1.01. The number of fused-ring (bicyclic) bond motifs is 1. The molecule has 2 aromatic rings. The van der Waals surface area contributed by atoms with Crippen molar-refractivity contribution in [1.82, 2.24) is 15.1 Å². The molecule has 5 amide bonds. The van der Waals surface area contributed by atoms with Gasteiger partial charge in [0.1, 0.15) is 5.54 Å². The topological polar surface area (TPSA) is 86.8 Å². The normalized spacial score (nSPS) is 20.5. The molecule has 31 heavy (non-hydrogen) atoms. The highest BCUT2D eigenvalue weighted by molar-refractivity contribution is 6.21. The Labute approximate surface area is 181 Å². The number of aryl methyl sites for hydroxylation is 1. The average Bonchev–Trinajstić information content (AvgIpc) is 3.14. The Hall–Kier alpha value is -3.48. The summed E-state index contributed by atoms with van der Waals surface area (Å²) in [4.78, 5) is 52.9. The molecule has 2 aromatic carbocycles. The van der Waals surface area contributed by atoms with Crippen molar-refractivity contribution in [3.63, 3.8) is 0 Å². The minimum atomic E-state index is -1.13. The molecular formula is C24H25N3O4. The lowest BCUT2D eigenvalue weighted by Gasteiger charge is -2.23. The zero-order chi connectivity index (χ0) is 22.2. The van der Waals surface area contributed by atoms with Gasteiger partial charge in [-0.15, -0.1) is 0 Å². The van der Waals surface area contributed by atoms with Crippen molar-refractivity contribution in [1.29, 1.82) is 0 Å². The van der Waals surface area contributed by atoms with Crippen LogP contribution in [0.25, 0.3) is 0 Å². The first-order valence-corrected chi connectivity index (χ1v) is 10.6. The predicted molar refractivity (Wildman–Crippen MR) is 114 cm³/mol. The zero-order valence-electron chi connectivity index (χ0n) is 17.7. The van der Waals surface area contributed by atoms with Crippen molar-refractivity contribution >= 4 is 23.8 Å². The second kappa shape index (κ2) is 7.98. The van der Waals surface area contributed by atoms with Gasteiger partial charge < -0.3 is 5.32 Å². The van der Waals surface area contributed by atoms with Crippen LogP contribution >= 0.6 is 0 Å². The van der Waals surface area contributed by atoms with Gasteiger partial charge in [-0.25, -0.2) is 4.79 Å². The first kappa shape index (κ1) is 20.8. The number of benzene rings is 2. The number of nitrogens with zero attached hydrogens (tertiary/aromatic N) is 2. The molecule has 2 aliphatic heterocycles. The number of hydrogen-bond acceptors (Lipinski definition) is 4. The largest absolute Gasteiger partial charge is 0.325 e. The molecule has 1 saturated heterocycles. The molecule has 1 atom stereocenters. The number of hydrogen-bond donors (Lipinski definition) is 1. The molecular weight excluding hydrogens is 394 g/mol. The third-order valence-corrected chi connectivity index (χ3v) is 5.99. The maximum absolute atomic E-state index is 13.1. The van der Waals surface area contributed by atoms with Crippen molar-refractivity contribution in [2.45, 2.75) is 38.6 Å². The van der Waals surface area contributed by atoms with Gasteiger partial charge in [-0.3, -0.25) is 24.2 Å². The van der Waals surface area contributed by atoms with Crippen LogP contribution in [0.1, 0.15) is 58.5 Å². The summed E-state index contributed by atoms with van der Waals surface area (Å²) in [7, 11) is 0. The summed E-state index contributed by atoms with van der Waals surface area (Å²) in [6.45, 7) is 4.08. The molecule has 7 heteroatoms. The summed E-state index contributed by atoms with van der Waals surface area (Å²) < 4.78 is 0. The first-order chi connectivity index (χ1) is 14.9. The van der Waals surface area contributed by atoms with Crippen LogP contribution in [-0.2, 0) is 16.8 Å². The molecule has 1 fully saturated rings. The van der Waals surface area contributed by atoms with Gasteiger partial charge in [0.05, 0.1) is 11.1 Å². The standard InChI is InChI=1S/C24H25N3O4/c1-3-7-16-10-12-17(13-11-16)24(2)22(30)27(23(31)25-24)15-6-14-26-20(28)18-8-4-5-9-19(18)21(26)29/h4-5,8-13H,3,6-7,14-15H2,1-2H3,(H,25,31). The highest BCUT2D eigenvalue weighted by atomic mass is 16.2. The lowest BCUT2D eigenvalue weighted by Crippen LogP contribution is -2.41. The maximum atomic E-state index is 13.1. The van der Waals surface area contributed by atoms with Crippen LogP contribution in [0.15, 0.2) is 48.5 Å². The van der Waals surface area contributed by atoms with Gasteiger partial charge in [-0.1, -0.05) is 49.7 Å². The number of rotatable bonds is 7. The van der Waals surface area contributed by atoms with Crippen molar-refractivity contribution in [2.24, 2.45) is 0 Å². The van der Waals surface area contributed by atoms with Gasteiger partial charge in [0.2, 0.25) is 0 Å². The quantitative estimate of drug-likeness (QED) is 0.552. The maximum Gasteiger partial charge on any atom is 0.325 e. The number of imide groups is 2. The molecule has 7 nitrogen and oxygen atoms in total. The second-order valence-electron chi connectivity index (χ2n) is 8.12. The Morgan fingerprint density at radius 2 is 1.42 bits per heavy atom. The van der Waals surface area contributed by atoms with Crippen LogP contribution in [0.2, 0.25) is 0 Å². The number of urea groups is 1. The molecule has 1 N–H and O–H groups in total. The molecule has 1 unspecified atom stereocenters. The van der Waals surface area contributed by atoms with E-state index in [4.69, 9.17) is 0 Å². The third-order valence-electron chi connectivity index (χ3n) is 5.99. The lowest BCUT2D eigenvalue weighted by molar-refractivity contribution is -0.131. The van der Waals surface area contributed by atoms with E-state index in [1.54, 1.807) is 31.2 Å². The van der Waals surface area contributed by atoms with E-state index in [2.05, 4.69) is 12.2 Å². The van der Waals surface area contributed by atoms with Crippen LogP contribution in [0.4, 0.5) is 4.79 Å². The molecule has 0 saturated carbocycles. The Kier molecular flexibility index (Phi) is 5.35. The lowest BCUT2D eigenvalue weighted by atomic mass is 9.91. The summed E-state index contributed by atoms with van der Waals surface area (Å²) >= 11 is 0. The SMILES string of the molecule is CCCc1ccc(C2(C)NC(=O)N(CCCN3C(=O)c4ccccc4C3=O)C2=O)cc1. The molecule has 2 heterocycles. The minimum Gasteiger partial charge on any atom is -0.319 e. The van der Waals surface area contributed by atoms with Gasteiger partial charge in [0.25, 0.3) is 17.7 Å². The molecule has 0 spiro atoms. The van der Waals surface area contributed by atoms with Crippen LogP contribution in [0.3, 0.4) is 0 Å². The van der Waals surface area contributed by atoms with Gasteiger partial charge in [-0.2, -0.15) is 0 Å². The van der Waals surface area contributed by atoms with E-state index in [-0.39, 0.29) is 30.8 Å². The van der Waals surface area contributed by atoms with Crippen molar-refractivity contribution in [3.8, 4) is 0 Å². The van der Waals surface area contributed by atoms with Crippen molar-refractivity contribution in [3.05, 3.63) is 70.8 Å². The molecule has 0 aromatic heterocycles. The Morgan fingerprint density at radius 1 is 0.839 bits per heavy atom. The first-order valence-electron chi connectivity index (χ1n) is 10.6. The summed E-state index contributed by atoms with van der Waals surface area (Å²) in [5.41, 5.74) is 1.57. The van der Waals surface area contributed by atoms with E-state index >= 15 is 0 Å². The van der Waals surface area contributed by atoms with E-state index in [0.29, 0.717) is 17.5 Å². The molecule has 2 aliphatic rings. The molecule has 0 bridgehead atoms. The van der Waals surface area contributed by atoms with Gasteiger partial charge in [0.15, 0.2) is 0 Å². The van der Waals surface area contributed by atoms with Gasteiger partial charge in [0, 0.05) is 13.1 Å². The van der Waals surface area contributed by atoms with Crippen LogP contribution in [0.5, 0.6) is 0 Å². The smallest absolute Gasteiger partial charge is 0.319 e. The summed E-state index contributed by atoms with van der Waals surface area (Å²) in [6, 6.07) is 14.0. The average molecular weight is 419 g/mol. The number of amides is 5. The van der Waals surface area contributed by atoms with E-state index in [0.717, 1.165) is 23.3 Å². The molecule has 4 rings (SSSR count). The minimum absolute atomic E-state index is 0.127. The zero-order valence-corrected chi connectivity index (χ0v) is 17.7. The molecule has 160 valence electrons. The Balaban J connectivity index is 1.41. The fourth-order valence-electron chi connectivity index (χ4n) is 4.22. The third kappa shape index (κ3) is 3.50. The second-order valence-corrected chi connectivity index (χ2v) is 8.12. The highest BCUT2D eigenvalue weighted by Gasteiger charge is 2.48. The van der Waals surface area contributed by atoms with Crippen molar-refractivity contribution in [2.75, 3.05) is 13.1 Å². The molecule has 0 aliphatic carbocycles. The van der Waals surface area contributed by atoms with Crippen molar-refractivity contribution < 1.29 is 19.2 Å². The fraction of sp³-hybridized carbons (Fsp3) is 0.333. The summed E-state index contributed by atoms with van der Waals surface area (Å²) in [5, 5.41) is 2.80. The van der Waals surface area contributed by atoms with Crippen LogP contribution < -0.4 is 5.32 Å². The number of nitrogens with one attached hydrogen (secondary N) is 1. The van der Waals surface area contributed by atoms with Gasteiger partial charge in [-0.05, 0) is 43.0 Å². The van der Waals surface area contributed by atoms with Gasteiger partial charge >= 0.3 is 6.03 Å². The predicted octanol–water partition coefficient (Wildman–Crippen LogP) is 3.09. The monoisotopic (exact) mass is 419 g/mol. The summed E-state index contributed by atoms with van der Waals surface area (Å²) in [6.07, 6.45) is 2.31. The van der Waals surface area contributed by atoms with Crippen LogP contribution in [-0.4, -0.2) is 46.6 Å². The fourth-order valence-corrected chi connectivity index (χ4v) is 4.22. The Morgan fingerprint density at radius 3 is 2.00 bits per heavy atom. The van der Waals surface area contributed by atoms with E-state index < -0.39 is 11.6 Å². The molecule has 0 radical (unpaired) electrons. The Bertz CT molecular complexity index is 1030.